The van der Waals surface area contributed by atoms with Crippen molar-refractivity contribution in [3.63, 3.8) is 0 Å². The number of carbonyl (C=O) groups is 1. The molecule has 0 aliphatic heterocycles. The van der Waals surface area contributed by atoms with Crippen LogP contribution >= 0.6 is 7.82 Å². The van der Waals surface area contributed by atoms with Gasteiger partial charge >= 0.3 is 0 Å². The van der Waals surface area contributed by atoms with Gasteiger partial charge in [0.15, 0.2) is 0 Å². The molecule has 0 heterocycles. The predicted octanol–water partition coefficient (Wildman–Crippen LogP) is 14.2. The molecule has 0 saturated heterocycles. The minimum Gasteiger partial charge on any atom is -0.756 e. The first-order chi connectivity index (χ1) is 29.0. The van der Waals surface area contributed by atoms with Gasteiger partial charge in [0.05, 0.1) is 39.9 Å². The Morgan fingerprint density at radius 1 is 0.567 bits per heavy atom. The van der Waals surface area contributed by atoms with Crippen molar-refractivity contribution >= 4 is 13.7 Å². The molecular weight excluding hydrogens is 768 g/mol. The van der Waals surface area contributed by atoms with E-state index < -0.39 is 20.0 Å². The Labute approximate surface area is 373 Å². The number of rotatable bonds is 47. The summed E-state index contributed by atoms with van der Waals surface area (Å²) in [5.74, 6) is -0.203. The van der Waals surface area contributed by atoms with Crippen molar-refractivity contribution in [3.05, 3.63) is 24.3 Å². The summed E-state index contributed by atoms with van der Waals surface area (Å²) in [5, 5.41) is 13.8. The van der Waals surface area contributed by atoms with Crippen LogP contribution in [0.25, 0.3) is 0 Å². The Bertz CT molecular complexity index is 1030. The summed E-state index contributed by atoms with van der Waals surface area (Å²) >= 11 is 0. The zero-order valence-electron chi connectivity index (χ0n) is 40.4. The minimum atomic E-state index is -4.60. The van der Waals surface area contributed by atoms with Crippen LogP contribution in [0, 0.1) is 0 Å². The number of nitrogens with one attached hydrogen (secondary N) is 1. The molecule has 0 aromatic heterocycles. The quantitative estimate of drug-likeness (QED) is 0.0273. The Kier molecular flexibility index (Phi) is 42.5. The third-order valence-electron chi connectivity index (χ3n) is 11.7. The van der Waals surface area contributed by atoms with E-state index in [1.54, 1.807) is 6.08 Å². The summed E-state index contributed by atoms with van der Waals surface area (Å²) in [7, 11) is 1.25. The van der Waals surface area contributed by atoms with Gasteiger partial charge in [-0.1, -0.05) is 231 Å². The molecule has 0 bridgehead atoms. The summed E-state index contributed by atoms with van der Waals surface area (Å²) < 4.78 is 23.3. The maximum atomic E-state index is 12.9. The SMILES string of the molecule is CCCCCCCCCCCCC/C=C/CC/C=C/C(O)C(COP(=O)([O-])OCC[N+](C)(C)C)NC(=O)CCCCCCCCCCCCCCCCCCCCCCC. The fourth-order valence-corrected chi connectivity index (χ4v) is 8.30. The van der Waals surface area contributed by atoms with E-state index in [1.807, 2.05) is 27.2 Å². The number of phosphoric acid groups is 1. The molecule has 0 rings (SSSR count). The molecule has 2 N–H and O–H groups in total. The highest BCUT2D eigenvalue weighted by Gasteiger charge is 2.23. The number of nitrogens with zero attached hydrogens (tertiary/aromatic N) is 1. The van der Waals surface area contributed by atoms with Crippen molar-refractivity contribution in [2.24, 2.45) is 0 Å². The van der Waals surface area contributed by atoms with E-state index in [2.05, 4.69) is 31.3 Å². The second kappa shape index (κ2) is 43.2. The van der Waals surface area contributed by atoms with Crippen molar-refractivity contribution < 1.29 is 32.9 Å². The van der Waals surface area contributed by atoms with Gasteiger partial charge in [-0.3, -0.25) is 9.36 Å². The normalized spacial score (nSPS) is 14.3. The summed E-state index contributed by atoms with van der Waals surface area (Å²) in [4.78, 5) is 25.4. The smallest absolute Gasteiger partial charge is 0.268 e. The lowest BCUT2D eigenvalue weighted by Crippen LogP contribution is -2.45. The number of unbranched alkanes of at least 4 members (excludes halogenated alkanes) is 32. The number of aliphatic hydroxyl groups excluding tert-OH is 1. The van der Waals surface area contributed by atoms with Crippen molar-refractivity contribution in [2.75, 3.05) is 40.9 Å². The number of amides is 1. The van der Waals surface area contributed by atoms with Gasteiger partial charge in [0.2, 0.25) is 5.91 Å². The topological polar surface area (TPSA) is 108 Å². The second-order valence-corrected chi connectivity index (χ2v) is 20.3. The Morgan fingerprint density at radius 3 is 1.35 bits per heavy atom. The number of hydrogen-bond acceptors (Lipinski definition) is 6. The van der Waals surface area contributed by atoms with Gasteiger partial charge in [-0.15, -0.1) is 0 Å². The van der Waals surface area contributed by atoms with Crippen LogP contribution < -0.4 is 10.2 Å². The van der Waals surface area contributed by atoms with Gasteiger partial charge in [0.25, 0.3) is 7.82 Å². The highest BCUT2D eigenvalue weighted by atomic mass is 31.2. The third-order valence-corrected chi connectivity index (χ3v) is 12.6. The van der Waals surface area contributed by atoms with Gasteiger partial charge in [-0.25, -0.2) is 0 Å². The first-order valence-electron chi connectivity index (χ1n) is 25.7. The van der Waals surface area contributed by atoms with E-state index in [0.29, 0.717) is 17.4 Å². The van der Waals surface area contributed by atoms with E-state index in [1.165, 1.54) is 186 Å². The van der Waals surface area contributed by atoms with Crippen molar-refractivity contribution in [1.29, 1.82) is 0 Å². The van der Waals surface area contributed by atoms with Crippen molar-refractivity contribution in [1.82, 2.24) is 5.32 Å². The minimum absolute atomic E-state index is 0.00396. The van der Waals surface area contributed by atoms with Crippen LogP contribution in [0.3, 0.4) is 0 Å². The van der Waals surface area contributed by atoms with E-state index >= 15 is 0 Å². The molecule has 0 aromatic rings. The Balaban J connectivity index is 4.31. The predicted molar refractivity (Wildman–Crippen MR) is 256 cm³/mol. The molecule has 356 valence electrons. The second-order valence-electron chi connectivity index (χ2n) is 18.9. The largest absolute Gasteiger partial charge is 0.756 e. The van der Waals surface area contributed by atoms with Gasteiger partial charge in [-0.2, -0.15) is 0 Å². The third kappa shape index (κ3) is 45.0. The molecule has 8 nitrogen and oxygen atoms in total. The molecule has 0 spiro atoms. The van der Waals surface area contributed by atoms with Gasteiger partial charge in [-0.05, 0) is 32.1 Å². The van der Waals surface area contributed by atoms with Crippen molar-refractivity contribution in [2.45, 2.75) is 257 Å². The van der Waals surface area contributed by atoms with E-state index in [4.69, 9.17) is 9.05 Å². The van der Waals surface area contributed by atoms with Crippen molar-refractivity contribution in [3.8, 4) is 0 Å². The maximum Gasteiger partial charge on any atom is 0.268 e. The number of aliphatic hydroxyl groups is 1. The number of likely N-dealkylation sites (N-methyl/N-ethyl adjacent to an activating group) is 1. The Hall–Kier alpha value is -1.02. The standard InChI is InChI=1S/C51H101N2O6P/c1-6-8-10-12-14-16-18-20-22-24-25-26-27-29-31-33-35-37-39-41-43-45-51(55)52-49(48-59-60(56,57)58-47-46-53(3,4)5)50(54)44-42-40-38-36-34-32-30-28-23-21-19-17-15-13-11-9-7-2/h34,36,42,44,49-50,54H,6-33,35,37-41,43,45-48H2,1-5H3,(H-,52,55,56,57)/b36-34+,44-42+. The van der Waals surface area contributed by atoms with E-state index in [-0.39, 0.29) is 19.1 Å². The number of quaternary nitrogens is 1. The zero-order valence-corrected chi connectivity index (χ0v) is 41.3. The molecule has 0 aliphatic rings. The molecule has 3 atom stereocenters. The molecule has 0 aromatic carbocycles. The first-order valence-corrected chi connectivity index (χ1v) is 27.2. The summed E-state index contributed by atoms with van der Waals surface area (Å²) in [6.07, 6.45) is 52.4. The average Bonchev–Trinajstić information content (AvgIpc) is 3.20. The summed E-state index contributed by atoms with van der Waals surface area (Å²) in [5.41, 5.74) is 0. The Morgan fingerprint density at radius 2 is 0.933 bits per heavy atom. The fraction of sp³-hybridized carbons (Fsp3) is 0.902. The molecule has 1 amide bonds. The molecule has 60 heavy (non-hydrogen) atoms. The molecule has 0 saturated carbocycles. The molecule has 0 radical (unpaired) electrons. The van der Waals surface area contributed by atoms with Crippen LogP contribution in [-0.4, -0.2) is 68.5 Å². The summed E-state index contributed by atoms with van der Waals surface area (Å²) in [6.45, 7) is 4.65. The van der Waals surface area contributed by atoms with Crippen LogP contribution in [0.5, 0.6) is 0 Å². The summed E-state index contributed by atoms with van der Waals surface area (Å²) in [6, 6.07) is -0.899. The molecule has 9 heteroatoms. The molecule has 3 unspecified atom stereocenters. The number of carbonyl (C=O) groups excluding carboxylic acids is 1. The molecule has 0 aliphatic carbocycles. The number of allylic oxidation sites excluding steroid dienone is 3. The monoisotopic (exact) mass is 869 g/mol. The molecular formula is C51H101N2O6P. The molecule has 0 fully saturated rings. The maximum absolute atomic E-state index is 12.9. The van der Waals surface area contributed by atoms with Gasteiger partial charge in [0.1, 0.15) is 13.2 Å². The van der Waals surface area contributed by atoms with Gasteiger partial charge < -0.3 is 28.8 Å². The van der Waals surface area contributed by atoms with Gasteiger partial charge in [0, 0.05) is 6.42 Å². The number of phosphoric ester groups is 1. The van der Waals surface area contributed by atoms with Crippen LogP contribution in [0.15, 0.2) is 24.3 Å². The van der Waals surface area contributed by atoms with Crippen LogP contribution in [0.4, 0.5) is 0 Å². The lowest BCUT2D eigenvalue weighted by atomic mass is 10.0. The number of hydrogen-bond donors (Lipinski definition) is 2. The fourth-order valence-electron chi connectivity index (χ4n) is 7.58. The van der Waals surface area contributed by atoms with E-state index in [9.17, 15) is 19.4 Å². The highest BCUT2D eigenvalue weighted by molar-refractivity contribution is 7.45. The average molecular weight is 869 g/mol. The lowest BCUT2D eigenvalue weighted by Gasteiger charge is -2.29. The zero-order chi connectivity index (χ0) is 44.3. The van der Waals surface area contributed by atoms with Crippen LogP contribution in [0.1, 0.15) is 245 Å². The first kappa shape index (κ1) is 59.0. The lowest BCUT2D eigenvalue weighted by molar-refractivity contribution is -0.870. The van der Waals surface area contributed by atoms with Crippen LogP contribution in [-0.2, 0) is 18.4 Å². The van der Waals surface area contributed by atoms with Crippen LogP contribution in [0.2, 0.25) is 0 Å². The van der Waals surface area contributed by atoms with E-state index in [0.717, 1.165) is 38.5 Å². The highest BCUT2D eigenvalue weighted by Crippen LogP contribution is 2.38.